The minimum absolute atomic E-state index is 0.0930. The summed E-state index contributed by atoms with van der Waals surface area (Å²) in [5.41, 5.74) is 0. The van der Waals surface area contributed by atoms with Crippen molar-refractivity contribution in [3.63, 3.8) is 0 Å². The molecule has 2 aromatic rings. The lowest BCUT2D eigenvalue weighted by molar-refractivity contribution is 0.0523. The van der Waals surface area contributed by atoms with Gasteiger partial charge in [-0.3, -0.25) is 13.8 Å². The molecule has 0 aromatic carbocycles. The highest BCUT2D eigenvalue weighted by Gasteiger charge is 2.34. The number of amides is 1. The molecule has 11 heteroatoms. The fourth-order valence-electron chi connectivity index (χ4n) is 2.41. The molecule has 10 nitrogen and oxygen atoms in total. The number of aryl methyl sites for hydroxylation is 1. The Morgan fingerprint density at radius 1 is 1.55 bits per heavy atom. The lowest BCUT2D eigenvalue weighted by Gasteiger charge is -2.38. The lowest BCUT2D eigenvalue weighted by atomic mass is 10.0. The van der Waals surface area contributed by atoms with Crippen molar-refractivity contribution in [3.8, 4) is 5.95 Å². The summed E-state index contributed by atoms with van der Waals surface area (Å²) in [7, 11) is -2.52. The van der Waals surface area contributed by atoms with Crippen LogP contribution in [0.2, 0.25) is 0 Å². The zero-order chi connectivity index (χ0) is 15.9. The molecule has 0 saturated carbocycles. The number of aromatic nitrogens is 6. The van der Waals surface area contributed by atoms with Gasteiger partial charge >= 0.3 is 0 Å². The molecule has 2 N–H and O–H groups in total. The van der Waals surface area contributed by atoms with Crippen LogP contribution in [0.3, 0.4) is 0 Å². The van der Waals surface area contributed by atoms with Crippen LogP contribution < -0.4 is 0 Å². The highest BCUT2D eigenvalue weighted by Crippen LogP contribution is 2.19. The molecule has 1 fully saturated rings. The fraction of sp³-hybridized carbons (Fsp3) is 0.545. The Morgan fingerprint density at radius 3 is 2.86 bits per heavy atom. The number of hydrogen-bond acceptors (Lipinski definition) is 7. The fourth-order valence-corrected chi connectivity index (χ4v) is 3.53. The third-order valence-electron chi connectivity index (χ3n) is 3.36. The van der Waals surface area contributed by atoms with E-state index in [9.17, 15) is 9.00 Å². The lowest BCUT2D eigenvalue weighted by Crippen LogP contribution is -2.52. The number of carbonyl (C=O) groups excluding carboxylic acids is 1. The van der Waals surface area contributed by atoms with Gasteiger partial charge in [-0.15, -0.1) is 5.10 Å². The van der Waals surface area contributed by atoms with Gasteiger partial charge in [-0.05, 0) is 6.92 Å². The summed E-state index contributed by atoms with van der Waals surface area (Å²) < 4.78 is 20.3. The van der Waals surface area contributed by atoms with E-state index in [4.69, 9.17) is 4.78 Å². The number of rotatable bonds is 4. The van der Waals surface area contributed by atoms with Crippen LogP contribution >= 0.6 is 0 Å². The number of nitrogens with zero attached hydrogens (tertiary/aromatic N) is 6. The van der Waals surface area contributed by atoms with Crippen molar-refractivity contribution >= 4 is 15.6 Å². The first-order valence-electron chi connectivity index (χ1n) is 6.63. The van der Waals surface area contributed by atoms with E-state index >= 15 is 0 Å². The smallest absolute Gasteiger partial charge is 0.293 e. The van der Waals surface area contributed by atoms with E-state index in [0.29, 0.717) is 30.6 Å². The maximum Gasteiger partial charge on any atom is 0.293 e. The first-order chi connectivity index (χ1) is 10.3. The van der Waals surface area contributed by atoms with E-state index in [1.54, 1.807) is 11.8 Å². The Balaban J connectivity index is 1.69. The van der Waals surface area contributed by atoms with Crippen molar-refractivity contribution < 1.29 is 9.00 Å². The molecule has 0 bridgehead atoms. The normalized spacial score (nSPS) is 18.0. The first kappa shape index (κ1) is 14.6. The summed E-state index contributed by atoms with van der Waals surface area (Å²) in [5.74, 6) is 1.16. The molecule has 0 spiro atoms. The summed E-state index contributed by atoms with van der Waals surface area (Å²) in [6.07, 6.45) is 2.77. The number of aromatic amines is 1. The molecule has 1 aliphatic heterocycles. The predicted octanol–water partition coefficient (Wildman–Crippen LogP) is -0.558. The second kappa shape index (κ2) is 5.16. The van der Waals surface area contributed by atoms with Crippen molar-refractivity contribution in [3.05, 3.63) is 18.0 Å². The van der Waals surface area contributed by atoms with E-state index in [1.807, 2.05) is 0 Å². The summed E-state index contributed by atoms with van der Waals surface area (Å²) in [6, 6.07) is 0. The molecule has 1 aliphatic rings. The van der Waals surface area contributed by atoms with Gasteiger partial charge in [-0.25, -0.2) is 10.1 Å². The van der Waals surface area contributed by atoms with E-state index in [2.05, 4.69) is 25.3 Å². The van der Waals surface area contributed by atoms with Crippen LogP contribution in [0.15, 0.2) is 6.33 Å². The van der Waals surface area contributed by atoms with E-state index in [1.165, 1.54) is 17.3 Å². The average Bonchev–Trinajstić information content (AvgIpc) is 3.00. The molecular formula is C11H16N8O2S. The topological polar surface area (TPSA) is 134 Å². The largest absolute Gasteiger partial charge is 0.335 e. The van der Waals surface area contributed by atoms with Crippen molar-refractivity contribution in [2.75, 3.05) is 25.1 Å². The van der Waals surface area contributed by atoms with Crippen LogP contribution in [0, 0.1) is 17.6 Å². The molecule has 118 valence electrons. The SMILES string of the molecule is Cc1nc(C(=O)N2CC(CS(C)(=N)=O)C2)nn1-c1ncn[nH]1. The maximum absolute atomic E-state index is 12.3. The second-order valence-electron chi connectivity index (χ2n) is 5.45. The molecule has 0 radical (unpaired) electrons. The zero-order valence-electron chi connectivity index (χ0n) is 12.2. The van der Waals surface area contributed by atoms with Crippen molar-refractivity contribution in [2.24, 2.45) is 5.92 Å². The van der Waals surface area contributed by atoms with Crippen molar-refractivity contribution in [2.45, 2.75) is 6.92 Å². The second-order valence-corrected chi connectivity index (χ2v) is 7.79. The number of nitrogens with one attached hydrogen (secondary N) is 2. The molecule has 1 saturated heterocycles. The molecule has 1 atom stereocenters. The van der Waals surface area contributed by atoms with E-state index in [-0.39, 0.29) is 17.6 Å². The Hall–Kier alpha value is -2.30. The minimum atomic E-state index is -2.52. The maximum atomic E-state index is 12.3. The van der Waals surface area contributed by atoms with Crippen LogP contribution in [0.5, 0.6) is 0 Å². The molecular weight excluding hydrogens is 308 g/mol. The number of hydrogen-bond donors (Lipinski definition) is 2. The summed E-state index contributed by atoms with van der Waals surface area (Å²) in [5, 5.41) is 10.5. The molecule has 2 aromatic heterocycles. The number of likely N-dealkylation sites (tertiary alicyclic amines) is 1. The Kier molecular flexibility index (Phi) is 3.43. The zero-order valence-corrected chi connectivity index (χ0v) is 13.0. The van der Waals surface area contributed by atoms with Gasteiger partial charge in [0.05, 0.1) is 0 Å². The van der Waals surface area contributed by atoms with E-state index < -0.39 is 9.73 Å². The number of carbonyl (C=O) groups is 1. The molecule has 0 aliphatic carbocycles. The van der Waals surface area contributed by atoms with Gasteiger partial charge in [0.2, 0.25) is 11.8 Å². The quantitative estimate of drug-likeness (QED) is 0.774. The molecule has 3 rings (SSSR count). The van der Waals surface area contributed by atoms with Gasteiger partial charge < -0.3 is 4.90 Å². The Labute approximate surface area is 126 Å². The number of H-pyrrole nitrogens is 1. The molecule has 3 heterocycles. The summed E-state index contributed by atoms with van der Waals surface area (Å²) in [4.78, 5) is 22.0. The van der Waals surface area contributed by atoms with Gasteiger partial charge in [0.25, 0.3) is 5.91 Å². The third kappa shape index (κ3) is 2.84. The highest BCUT2D eigenvalue weighted by molar-refractivity contribution is 7.91. The van der Waals surface area contributed by atoms with Gasteiger partial charge in [-0.1, -0.05) is 0 Å². The van der Waals surface area contributed by atoms with Crippen LogP contribution in [-0.2, 0) is 9.73 Å². The van der Waals surface area contributed by atoms with Gasteiger partial charge in [0.15, 0.2) is 0 Å². The molecule has 22 heavy (non-hydrogen) atoms. The van der Waals surface area contributed by atoms with Crippen molar-refractivity contribution in [1.82, 2.24) is 34.8 Å². The standard InChI is InChI=1S/C11H16N8O2S/c1-7-15-9(17-19(7)11-13-6-14-16-11)10(20)18-3-8(4-18)5-22(2,12)21/h6,8,12H,3-5H2,1-2H3,(H,13,14,16). The van der Waals surface area contributed by atoms with Crippen LogP contribution in [0.25, 0.3) is 5.95 Å². The van der Waals surface area contributed by atoms with Gasteiger partial charge in [-0.2, -0.15) is 14.8 Å². The minimum Gasteiger partial charge on any atom is -0.335 e. The van der Waals surface area contributed by atoms with Gasteiger partial charge in [0, 0.05) is 40.7 Å². The van der Waals surface area contributed by atoms with Gasteiger partial charge in [0.1, 0.15) is 12.2 Å². The first-order valence-corrected chi connectivity index (χ1v) is 8.77. The Morgan fingerprint density at radius 2 is 2.27 bits per heavy atom. The monoisotopic (exact) mass is 324 g/mol. The Bertz CT molecular complexity index is 788. The summed E-state index contributed by atoms with van der Waals surface area (Å²) >= 11 is 0. The molecule has 1 unspecified atom stereocenters. The van der Waals surface area contributed by atoms with Crippen LogP contribution in [0.4, 0.5) is 0 Å². The van der Waals surface area contributed by atoms with Crippen molar-refractivity contribution in [1.29, 1.82) is 4.78 Å². The van der Waals surface area contributed by atoms with Crippen LogP contribution in [-0.4, -0.2) is 70.1 Å². The molecule has 1 amide bonds. The average molecular weight is 324 g/mol. The highest BCUT2D eigenvalue weighted by atomic mass is 32.2. The third-order valence-corrected chi connectivity index (χ3v) is 4.47. The summed E-state index contributed by atoms with van der Waals surface area (Å²) in [6.45, 7) is 2.69. The van der Waals surface area contributed by atoms with Crippen LogP contribution in [0.1, 0.15) is 16.4 Å². The predicted molar refractivity (Wildman–Crippen MR) is 77.1 cm³/mol. The van der Waals surface area contributed by atoms with E-state index in [0.717, 1.165) is 0 Å².